The summed E-state index contributed by atoms with van der Waals surface area (Å²) in [5.74, 6) is 3.00. The van der Waals surface area contributed by atoms with E-state index >= 15 is 0 Å². The van der Waals surface area contributed by atoms with Gasteiger partial charge in [0.1, 0.15) is 11.6 Å². The molecule has 0 atom stereocenters. The van der Waals surface area contributed by atoms with E-state index < -0.39 is 0 Å². The van der Waals surface area contributed by atoms with E-state index in [1.807, 2.05) is 13.1 Å². The topological polar surface area (TPSA) is 77.4 Å². The molecule has 1 saturated heterocycles. The van der Waals surface area contributed by atoms with Crippen LogP contribution in [-0.2, 0) is 17.7 Å². The van der Waals surface area contributed by atoms with Crippen molar-refractivity contribution in [1.29, 1.82) is 5.41 Å². The fourth-order valence-electron chi connectivity index (χ4n) is 4.54. The van der Waals surface area contributed by atoms with Gasteiger partial charge in [-0.25, -0.2) is 9.97 Å². The molecule has 0 bridgehead atoms. The molecule has 0 radical (unpaired) electrons. The fourth-order valence-corrected chi connectivity index (χ4v) is 4.54. The third-order valence-electron chi connectivity index (χ3n) is 6.74. The Hall–Kier alpha value is -2.93. The first kappa shape index (κ1) is 23.2. The SMILES string of the molecule is CN/C(=C\C(=N)C(C)C)N1CCc2nc(-c3c(C)cccc3C)nc(N3CC(OC)C3)c2C1. The quantitative estimate of drug-likeness (QED) is 0.629. The van der Waals surface area contributed by atoms with Crippen molar-refractivity contribution >= 4 is 11.5 Å². The average Bonchev–Trinajstić information content (AvgIpc) is 2.76. The Bertz CT molecular complexity index is 1050. The van der Waals surface area contributed by atoms with E-state index in [0.717, 1.165) is 61.3 Å². The molecule has 0 aliphatic carbocycles. The lowest BCUT2D eigenvalue weighted by Gasteiger charge is -2.42. The van der Waals surface area contributed by atoms with Crippen LogP contribution in [0.15, 0.2) is 30.1 Å². The highest BCUT2D eigenvalue weighted by Crippen LogP contribution is 2.34. The van der Waals surface area contributed by atoms with E-state index in [0.29, 0.717) is 5.71 Å². The number of aryl methyl sites for hydroxylation is 2. The molecule has 2 aliphatic rings. The Morgan fingerprint density at radius 2 is 1.91 bits per heavy atom. The molecule has 176 valence electrons. The van der Waals surface area contributed by atoms with E-state index in [2.05, 4.69) is 61.0 Å². The first-order valence-corrected chi connectivity index (χ1v) is 11.8. The lowest BCUT2D eigenvalue weighted by Crippen LogP contribution is -2.53. The van der Waals surface area contributed by atoms with Crippen LogP contribution in [0.1, 0.15) is 36.2 Å². The minimum atomic E-state index is 0.191. The third kappa shape index (κ3) is 4.60. The number of nitrogens with one attached hydrogen (secondary N) is 2. The van der Waals surface area contributed by atoms with Gasteiger partial charge >= 0.3 is 0 Å². The Morgan fingerprint density at radius 1 is 1.21 bits per heavy atom. The van der Waals surface area contributed by atoms with Gasteiger partial charge in [-0.05, 0) is 37.0 Å². The molecule has 33 heavy (non-hydrogen) atoms. The zero-order valence-corrected chi connectivity index (χ0v) is 20.7. The van der Waals surface area contributed by atoms with Crippen LogP contribution in [0.5, 0.6) is 0 Å². The van der Waals surface area contributed by atoms with Crippen LogP contribution < -0.4 is 10.2 Å². The highest BCUT2D eigenvalue weighted by Gasteiger charge is 2.33. The van der Waals surface area contributed by atoms with Gasteiger partial charge in [0.15, 0.2) is 5.82 Å². The molecular formula is C26H36N6O. The monoisotopic (exact) mass is 448 g/mol. The zero-order chi connectivity index (χ0) is 23.7. The number of hydrogen-bond acceptors (Lipinski definition) is 7. The molecule has 3 heterocycles. The van der Waals surface area contributed by atoms with Crippen molar-refractivity contribution < 1.29 is 4.74 Å². The van der Waals surface area contributed by atoms with E-state index in [1.165, 1.54) is 16.7 Å². The van der Waals surface area contributed by atoms with E-state index in [4.69, 9.17) is 20.1 Å². The number of hydrogen-bond donors (Lipinski definition) is 2. The Morgan fingerprint density at radius 3 is 2.52 bits per heavy atom. The van der Waals surface area contributed by atoms with Crippen molar-refractivity contribution in [2.45, 2.75) is 46.8 Å². The minimum absolute atomic E-state index is 0.191. The summed E-state index contributed by atoms with van der Waals surface area (Å²) >= 11 is 0. The first-order valence-electron chi connectivity index (χ1n) is 11.8. The number of rotatable bonds is 7. The van der Waals surface area contributed by atoms with Gasteiger partial charge in [-0.15, -0.1) is 0 Å². The molecule has 1 fully saturated rings. The van der Waals surface area contributed by atoms with Crippen LogP contribution in [0.3, 0.4) is 0 Å². The van der Waals surface area contributed by atoms with Gasteiger partial charge in [0, 0.05) is 63.6 Å². The van der Waals surface area contributed by atoms with Gasteiger partial charge in [-0.2, -0.15) is 0 Å². The standard InChI is InChI=1S/C26H36N6O/c1-16(2)21(27)12-23(28-5)31-11-10-22-20(15-31)26(32-13-19(14-32)33-6)30-25(29-22)24-17(3)8-7-9-18(24)4/h7-9,12,16,19,27-28H,10-11,13-15H2,1-6H3/b23-12+,27-21?. The molecule has 4 rings (SSSR count). The first-order chi connectivity index (χ1) is 15.8. The summed E-state index contributed by atoms with van der Waals surface area (Å²) in [6.45, 7) is 11.6. The number of anilines is 1. The summed E-state index contributed by atoms with van der Waals surface area (Å²) in [6, 6.07) is 6.35. The lowest BCUT2D eigenvalue weighted by molar-refractivity contribution is 0.0780. The Kier molecular flexibility index (Phi) is 6.70. The van der Waals surface area contributed by atoms with Gasteiger partial charge in [0.25, 0.3) is 0 Å². The number of aromatic nitrogens is 2. The second kappa shape index (κ2) is 9.51. The molecule has 0 amide bonds. The average molecular weight is 449 g/mol. The van der Waals surface area contributed by atoms with Gasteiger partial charge < -0.3 is 25.3 Å². The highest BCUT2D eigenvalue weighted by atomic mass is 16.5. The number of nitrogens with zero attached hydrogens (tertiary/aromatic N) is 4. The van der Waals surface area contributed by atoms with Crippen LogP contribution in [0.2, 0.25) is 0 Å². The van der Waals surface area contributed by atoms with Crippen molar-refractivity contribution in [2.24, 2.45) is 5.92 Å². The second-order valence-corrected chi connectivity index (χ2v) is 9.39. The summed E-state index contributed by atoms with van der Waals surface area (Å²) in [4.78, 5) is 14.8. The number of fused-ring (bicyclic) bond motifs is 1. The Balaban J connectivity index is 1.74. The van der Waals surface area contributed by atoms with Gasteiger partial charge in [-0.1, -0.05) is 32.0 Å². The van der Waals surface area contributed by atoms with Crippen molar-refractivity contribution in [3.63, 3.8) is 0 Å². The van der Waals surface area contributed by atoms with E-state index in [1.54, 1.807) is 7.11 Å². The molecule has 2 N–H and O–H groups in total. The van der Waals surface area contributed by atoms with Gasteiger partial charge in [0.2, 0.25) is 0 Å². The predicted molar refractivity (Wildman–Crippen MR) is 134 cm³/mol. The van der Waals surface area contributed by atoms with Gasteiger partial charge in [-0.3, -0.25) is 0 Å². The maximum absolute atomic E-state index is 8.31. The molecule has 0 unspecified atom stereocenters. The van der Waals surface area contributed by atoms with Crippen molar-refractivity contribution in [1.82, 2.24) is 20.2 Å². The molecule has 1 aromatic carbocycles. The van der Waals surface area contributed by atoms with Crippen LogP contribution in [0.25, 0.3) is 11.4 Å². The molecule has 1 aromatic heterocycles. The molecule has 7 heteroatoms. The van der Waals surface area contributed by atoms with Crippen LogP contribution in [0, 0.1) is 25.2 Å². The molecule has 2 aromatic rings. The maximum Gasteiger partial charge on any atom is 0.162 e. The van der Waals surface area contributed by atoms with Crippen LogP contribution >= 0.6 is 0 Å². The molecule has 0 spiro atoms. The zero-order valence-electron chi connectivity index (χ0n) is 20.7. The molecular weight excluding hydrogens is 412 g/mol. The molecule has 0 saturated carbocycles. The number of methoxy groups -OCH3 is 1. The lowest BCUT2D eigenvalue weighted by atomic mass is 9.99. The summed E-state index contributed by atoms with van der Waals surface area (Å²) in [7, 11) is 3.70. The number of ether oxygens (including phenoxy) is 1. The third-order valence-corrected chi connectivity index (χ3v) is 6.74. The predicted octanol–water partition coefficient (Wildman–Crippen LogP) is 3.69. The number of benzene rings is 1. The van der Waals surface area contributed by atoms with Crippen molar-refractivity contribution in [2.75, 3.05) is 38.7 Å². The van der Waals surface area contributed by atoms with Crippen LogP contribution in [0.4, 0.5) is 5.82 Å². The highest BCUT2D eigenvalue weighted by molar-refractivity contribution is 5.94. The summed E-state index contributed by atoms with van der Waals surface area (Å²) in [5.41, 5.74) is 6.47. The smallest absolute Gasteiger partial charge is 0.162 e. The second-order valence-electron chi connectivity index (χ2n) is 9.39. The normalized spacial score (nSPS) is 16.6. The van der Waals surface area contributed by atoms with E-state index in [9.17, 15) is 0 Å². The molecule has 2 aliphatic heterocycles. The summed E-state index contributed by atoms with van der Waals surface area (Å²) < 4.78 is 5.54. The largest absolute Gasteiger partial charge is 0.378 e. The van der Waals surface area contributed by atoms with Crippen molar-refractivity contribution in [3.8, 4) is 11.4 Å². The fraction of sp³-hybridized carbons (Fsp3) is 0.500. The van der Waals surface area contributed by atoms with Crippen molar-refractivity contribution in [3.05, 3.63) is 52.5 Å². The molecule has 7 nitrogen and oxygen atoms in total. The van der Waals surface area contributed by atoms with Gasteiger partial charge in [0.05, 0.1) is 11.8 Å². The maximum atomic E-state index is 8.31. The minimum Gasteiger partial charge on any atom is -0.378 e. The number of allylic oxidation sites excluding steroid dienone is 1. The van der Waals surface area contributed by atoms with Crippen LogP contribution in [-0.4, -0.2) is 60.5 Å². The summed E-state index contributed by atoms with van der Waals surface area (Å²) in [6.07, 6.45) is 3.04. The summed E-state index contributed by atoms with van der Waals surface area (Å²) in [5, 5.41) is 11.6. The Labute approximate surface area is 197 Å². The van der Waals surface area contributed by atoms with E-state index in [-0.39, 0.29) is 12.0 Å².